The molecule has 3 aromatic carbocycles. The fraction of sp³-hybridized carbons (Fsp3) is 0.240. The minimum atomic E-state index is -3.60. The molecule has 0 aromatic heterocycles. The summed E-state index contributed by atoms with van der Waals surface area (Å²) in [5.74, 6) is -0.269. The van der Waals surface area contributed by atoms with E-state index in [0.29, 0.717) is 31.9 Å². The van der Waals surface area contributed by atoms with E-state index >= 15 is 0 Å². The number of nitrogens with one attached hydrogen (secondary N) is 1. The third-order valence-corrected chi connectivity index (χ3v) is 7.46. The van der Waals surface area contributed by atoms with Crippen LogP contribution in [-0.2, 0) is 14.8 Å². The summed E-state index contributed by atoms with van der Waals surface area (Å²) in [6.45, 7) is 3.46. The highest BCUT2D eigenvalue weighted by molar-refractivity contribution is 7.89. The number of hydrogen-bond donors (Lipinski definition) is 1. The van der Waals surface area contributed by atoms with Crippen LogP contribution >= 0.6 is 0 Å². The van der Waals surface area contributed by atoms with Gasteiger partial charge in [0.2, 0.25) is 10.0 Å². The average Bonchev–Trinajstić information content (AvgIpc) is 2.84. The first-order chi connectivity index (χ1) is 15.4. The number of benzene rings is 3. The number of rotatable bonds is 6. The summed E-state index contributed by atoms with van der Waals surface area (Å²) in [7, 11) is -3.60. The third kappa shape index (κ3) is 4.91. The Hall–Kier alpha value is -3.00. The Bertz CT molecular complexity index is 1150. The SMILES string of the molecule is Cc1ccc([C@H](NC(=O)c2ccc(S(=O)(=O)N3CCOCC3)cc2)c2ccccc2)cc1. The molecule has 0 spiro atoms. The molecule has 0 aliphatic carbocycles. The second kappa shape index (κ2) is 9.65. The van der Waals surface area contributed by atoms with Crippen LogP contribution in [0.3, 0.4) is 0 Å². The molecule has 1 N–H and O–H groups in total. The van der Waals surface area contributed by atoms with E-state index in [9.17, 15) is 13.2 Å². The van der Waals surface area contributed by atoms with Crippen LogP contribution < -0.4 is 5.32 Å². The molecule has 166 valence electrons. The Morgan fingerprint density at radius 2 is 1.47 bits per heavy atom. The van der Waals surface area contributed by atoms with Gasteiger partial charge in [0, 0.05) is 18.7 Å². The standard InChI is InChI=1S/C25H26N2O4S/c1-19-7-9-21(10-8-19)24(20-5-3-2-4-6-20)26-25(28)22-11-13-23(14-12-22)32(29,30)27-15-17-31-18-16-27/h2-14,24H,15-18H2,1H3,(H,26,28)/t24-/m1/s1. The van der Waals surface area contributed by atoms with Crippen molar-refractivity contribution >= 4 is 15.9 Å². The summed E-state index contributed by atoms with van der Waals surface area (Å²) < 4.78 is 32.3. The van der Waals surface area contributed by atoms with Crippen molar-refractivity contribution in [1.29, 1.82) is 0 Å². The van der Waals surface area contributed by atoms with Gasteiger partial charge in [-0.1, -0.05) is 60.2 Å². The molecule has 1 fully saturated rings. The molecule has 1 aliphatic rings. The molecule has 4 rings (SSSR count). The third-order valence-electron chi connectivity index (χ3n) is 5.54. The summed E-state index contributed by atoms with van der Waals surface area (Å²) in [5.41, 5.74) is 3.49. The number of carbonyl (C=O) groups is 1. The lowest BCUT2D eigenvalue weighted by molar-refractivity contribution is 0.0730. The van der Waals surface area contributed by atoms with E-state index in [0.717, 1.165) is 16.7 Å². The van der Waals surface area contributed by atoms with Gasteiger partial charge in [-0.25, -0.2) is 8.42 Å². The molecule has 3 aromatic rings. The number of aryl methyl sites for hydroxylation is 1. The topological polar surface area (TPSA) is 75.7 Å². The summed E-state index contributed by atoms with van der Waals surface area (Å²) >= 11 is 0. The van der Waals surface area contributed by atoms with Crippen molar-refractivity contribution < 1.29 is 17.9 Å². The molecule has 1 amide bonds. The van der Waals surface area contributed by atoms with Crippen molar-refractivity contribution in [1.82, 2.24) is 9.62 Å². The van der Waals surface area contributed by atoms with Gasteiger partial charge in [-0.2, -0.15) is 4.31 Å². The minimum absolute atomic E-state index is 0.175. The highest BCUT2D eigenvalue weighted by Gasteiger charge is 2.26. The maximum atomic E-state index is 13.0. The smallest absolute Gasteiger partial charge is 0.252 e. The van der Waals surface area contributed by atoms with Gasteiger partial charge >= 0.3 is 0 Å². The molecule has 0 bridgehead atoms. The number of sulfonamides is 1. The number of hydrogen-bond acceptors (Lipinski definition) is 4. The molecule has 32 heavy (non-hydrogen) atoms. The highest BCUT2D eigenvalue weighted by atomic mass is 32.2. The Labute approximate surface area is 188 Å². The van der Waals surface area contributed by atoms with Crippen LogP contribution in [-0.4, -0.2) is 44.9 Å². The van der Waals surface area contributed by atoms with Crippen LogP contribution in [0.4, 0.5) is 0 Å². The fourth-order valence-corrected chi connectivity index (χ4v) is 5.10. The summed E-state index contributed by atoms with van der Waals surface area (Å²) in [4.78, 5) is 13.2. The predicted octanol–water partition coefficient (Wildman–Crippen LogP) is 3.54. The van der Waals surface area contributed by atoms with E-state index in [4.69, 9.17) is 4.74 Å². The number of nitrogens with zero attached hydrogens (tertiary/aromatic N) is 1. The molecule has 6 nitrogen and oxygen atoms in total. The zero-order valence-corrected chi connectivity index (χ0v) is 18.7. The van der Waals surface area contributed by atoms with Crippen LogP contribution in [0.5, 0.6) is 0 Å². The van der Waals surface area contributed by atoms with Gasteiger partial charge in [0.15, 0.2) is 0 Å². The Balaban J connectivity index is 1.55. The molecule has 1 heterocycles. The Morgan fingerprint density at radius 1 is 0.875 bits per heavy atom. The Kier molecular flexibility index (Phi) is 6.69. The van der Waals surface area contributed by atoms with Gasteiger partial charge in [0.1, 0.15) is 0 Å². The van der Waals surface area contributed by atoms with Crippen molar-refractivity contribution in [3.05, 3.63) is 101 Å². The minimum Gasteiger partial charge on any atom is -0.379 e. The van der Waals surface area contributed by atoms with E-state index in [2.05, 4.69) is 5.32 Å². The van der Waals surface area contributed by atoms with E-state index in [1.165, 1.54) is 16.4 Å². The zero-order chi connectivity index (χ0) is 22.6. The lowest BCUT2D eigenvalue weighted by Crippen LogP contribution is -2.40. The van der Waals surface area contributed by atoms with Crippen LogP contribution in [0.25, 0.3) is 0 Å². The average molecular weight is 451 g/mol. The molecule has 0 radical (unpaired) electrons. The first kappa shape index (κ1) is 22.2. The quantitative estimate of drug-likeness (QED) is 0.623. The second-order valence-corrected chi connectivity index (χ2v) is 9.71. The summed E-state index contributed by atoms with van der Waals surface area (Å²) in [6, 6.07) is 23.6. The van der Waals surface area contributed by atoms with E-state index in [1.807, 2.05) is 61.5 Å². The Morgan fingerprint density at radius 3 is 2.09 bits per heavy atom. The normalized spacial score (nSPS) is 15.8. The maximum Gasteiger partial charge on any atom is 0.252 e. The molecule has 0 unspecified atom stereocenters. The number of ether oxygens (including phenoxy) is 1. The first-order valence-corrected chi connectivity index (χ1v) is 12.0. The van der Waals surface area contributed by atoms with Gasteiger partial charge in [-0.15, -0.1) is 0 Å². The van der Waals surface area contributed by atoms with Crippen molar-refractivity contribution in [3.63, 3.8) is 0 Å². The molecule has 0 saturated carbocycles. The summed E-state index contributed by atoms with van der Waals surface area (Å²) in [6.07, 6.45) is 0. The van der Waals surface area contributed by atoms with Gasteiger partial charge in [-0.3, -0.25) is 4.79 Å². The van der Waals surface area contributed by atoms with Gasteiger partial charge < -0.3 is 10.1 Å². The van der Waals surface area contributed by atoms with E-state index < -0.39 is 10.0 Å². The summed E-state index contributed by atoms with van der Waals surface area (Å²) in [5, 5.41) is 3.09. The largest absolute Gasteiger partial charge is 0.379 e. The van der Waals surface area contributed by atoms with E-state index in [1.54, 1.807) is 12.1 Å². The van der Waals surface area contributed by atoms with Crippen molar-refractivity contribution in [2.75, 3.05) is 26.3 Å². The van der Waals surface area contributed by atoms with Crippen molar-refractivity contribution in [2.45, 2.75) is 17.9 Å². The van der Waals surface area contributed by atoms with Gasteiger partial charge in [-0.05, 0) is 42.3 Å². The lowest BCUT2D eigenvalue weighted by atomic mass is 9.97. The molecule has 1 saturated heterocycles. The van der Waals surface area contributed by atoms with E-state index in [-0.39, 0.29) is 16.8 Å². The second-order valence-electron chi connectivity index (χ2n) is 7.77. The van der Waals surface area contributed by atoms with Crippen molar-refractivity contribution in [2.24, 2.45) is 0 Å². The van der Waals surface area contributed by atoms with Gasteiger partial charge in [0.05, 0.1) is 24.2 Å². The highest BCUT2D eigenvalue weighted by Crippen LogP contribution is 2.24. The first-order valence-electron chi connectivity index (χ1n) is 10.6. The fourth-order valence-electron chi connectivity index (χ4n) is 3.69. The maximum absolute atomic E-state index is 13.0. The molecular formula is C25H26N2O4S. The zero-order valence-electron chi connectivity index (χ0n) is 17.9. The van der Waals surface area contributed by atoms with Gasteiger partial charge in [0.25, 0.3) is 5.91 Å². The van der Waals surface area contributed by atoms with Crippen LogP contribution in [0.1, 0.15) is 33.1 Å². The lowest BCUT2D eigenvalue weighted by Gasteiger charge is -2.26. The number of amides is 1. The monoisotopic (exact) mass is 450 g/mol. The van der Waals surface area contributed by atoms with Crippen LogP contribution in [0, 0.1) is 6.92 Å². The number of carbonyl (C=O) groups excluding carboxylic acids is 1. The van der Waals surface area contributed by atoms with Crippen LogP contribution in [0.2, 0.25) is 0 Å². The van der Waals surface area contributed by atoms with Crippen LogP contribution in [0.15, 0.2) is 83.8 Å². The predicted molar refractivity (Wildman–Crippen MR) is 123 cm³/mol. The van der Waals surface area contributed by atoms with Crippen molar-refractivity contribution in [3.8, 4) is 0 Å². The molecule has 1 atom stereocenters. The molecule has 1 aliphatic heterocycles. The molecular weight excluding hydrogens is 424 g/mol. The molecule has 7 heteroatoms. The number of morpholine rings is 1.